The van der Waals surface area contributed by atoms with Gasteiger partial charge in [0, 0.05) is 12.8 Å². The molecule has 13 heavy (non-hydrogen) atoms. The van der Waals surface area contributed by atoms with E-state index in [1.807, 2.05) is 6.92 Å². The molecule has 3 nitrogen and oxygen atoms in total. The van der Waals surface area contributed by atoms with Crippen molar-refractivity contribution in [3.8, 4) is 0 Å². The van der Waals surface area contributed by atoms with E-state index in [9.17, 15) is 9.90 Å². The van der Waals surface area contributed by atoms with Crippen LogP contribution in [0.3, 0.4) is 0 Å². The standard InChI is InChI=1S/C10H16O3/c1-9-5-6-10(2,12)13-8(9)4-3-7(9)11/h8,12H,3-6H2,1-2H3/t8-,9+,10+/m0/s1. The van der Waals surface area contributed by atoms with Gasteiger partial charge in [-0.1, -0.05) is 6.92 Å². The number of hydrogen-bond acceptors (Lipinski definition) is 3. The van der Waals surface area contributed by atoms with Crippen LogP contribution in [0.5, 0.6) is 0 Å². The summed E-state index contributed by atoms with van der Waals surface area (Å²) in [5, 5.41) is 9.69. The number of Topliss-reactive ketones (excluding diaryl/α,β-unsaturated/α-hetero) is 1. The summed E-state index contributed by atoms with van der Waals surface area (Å²) in [5.41, 5.74) is -0.317. The third kappa shape index (κ3) is 1.30. The number of aliphatic hydroxyl groups is 1. The van der Waals surface area contributed by atoms with Crippen LogP contribution in [-0.4, -0.2) is 22.8 Å². The van der Waals surface area contributed by atoms with Crippen molar-refractivity contribution in [2.45, 2.75) is 51.4 Å². The number of carbonyl (C=O) groups is 1. The lowest BCUT2D eigenvalue weighted by Crippen LogP contribution is -2.47. The van der Waals surface area contributed by atoms with Crippen molar-refractivity contribution in [1.82, 2.24) is 0 Å². The summed E-state index contributed by atoms with van der Waals surface area (Å²) in [5.74, 6) is -0.720. The molecule has 1 saturated carbocycles. The average Bonchev–Trinajstić information content (AvgIpc) is 2.30. The predicted molar refractivity (Wildman–Crippen MR) is 47.1 cm³/mol. The summed E-state index contributed by atoms with van der Waals surface area (Å²) in [4.78, 5) is 11.6. The Kier molecular flexibility index (Phi) is 1.79. The third-order valence-electron chi connectivity index (χ3n) is 3.49. The number of ether oxygens (including phenoxy) is 1. The SMILES string of the molecule is C[C@]1(O)CC[C@]2(C)C(=O)CC[C@@H]2O1. The molecule has 1 saturated heterocycles. The molecular formula is C10H16O3. The van der Waals surface area contributed by atoms with Crippen LogP contribution in [-0.2, 0) is 9.53 Å². The summed E-state index contributed by atoms with van der Waals surface area (Å²) < 4.78 is 5.51. The summed E-state index contributed by atoms with van der Waals surface area (Å²) in [6.07, 6.45) is 2.63. The van der Waals surface area contributed by atoms with Crippen LogP contribution in [0.15, 0.2) is 0 Å². The monoisotopic (exact) mass is 184 g/mol. The van der Waals surface area contributed by atoms with Gasteiger partial charge in [-0.15, -0.1) is 0 Å². The summed E-state index contributed by atoms with van der Waals surface area (Å²) >= 11 is 0. The van der Waals surface area contributed by atoms with Gasteiger partial charge >= 0.3 is 0 Å². The molecule has 2 fully saturated rings. The first-order chi connectivity index (χ1) is 5.94. The molecule has 1 aliphatic heterocycles. The first-order valence-electron chi connectivity index (χ1n) is 4.88. The lowest BCUT2D eigenvalue weighted by molar-refractivity contribution is -0.263. The van der Waals surface area contributed by atoms with Gasteiger partial charge in [0.2, 0.25) is 0 Å². The highest BCUT2D eigenvalue weighted by Crippen LogP contribution is 2.47. The van der Waals surface area contributed by atoms with E-state index in [-0.39, 0.29) is 11.5 Å². The number of ketones is 1. The molecule has 1 N–H and O–H groups in total. The summed E-state index contributed by atoms with van der Waals surface area (Å²) in [6, 6.07) is 0. The predicted octanol–water partition coefficient (Wildman–Crippen LogP) is 1.24. The molecule has 0 amide bonds. The molecule has 2 rings (SSSR count). The Morgan fingerprint density at radius 3 is 2.85 bits per heavy atom. The molecule has 0 unspecified atom stereocenters. The van der Waals surface area contributed by atoms with Crippen molar-refractivity contribution in [3.63, 3.8) is 0 Å². The van der Waals surface area contributed by atoms with Crippen LogP contribution in [0.2, 0.25) is 0 Å². The zero-order valence-electron chi connectivity index (χ0n) is 8.17. The average molecular weight is 184 g/mol. The fraction of sp³-hybridized carbons (Fsp3) is 0.900. The molecule has 74 valence electrons. The van der Waals surface area contributed by atoms with Crippen molar-refractivity contribution in [3.05, 3.63) is 0 Å². The minimum atomic E-state index is -1.02. The second-order valence-electron chi connectivity index (χ2n) is 4.66. The van der Waals surface area contributed by atoms with E-state index in [0.29, 0.717) is 18.6 Å². The van der Waals surface area contributed by atoms with Gasteiger partial charge in [0.05, 0.1) is 11.5 Å². The van der Waals surface area contributed by atoms with Gasteiger partial charge in [-0.3, -0.25) is 4.79 Å². The lowest BCUT2D eigenvalue weighted by atomic mass is 9.77. The Labute approximate surface area is 78.1 Å². The molecule has 3 atom stereocenters. The first-order valence-corrected chi connectivity index (χ1v) is 4.88. The molecule has 1 heterocycles. The highest BCUT2D eigenvalue weighted by atomic mass is 16.6. The van der Waals surface area contributed by atoms with Gasteiger partial charge in [-0.25, -0.2) is 0 Å². The molecule has 2 aliphatic rings. The molecule has 0 spiro atoms. The van der Waals surface area contributed by atoms with E-state index in [1.54, 1.807) is 6.92 Å². The summed E-state index contributed by atoms with van der Waals surface area (Å²) in [7, 11) is 0. The van der Waals surface area contributed by atoms with Gasteiger partial charge in [0.15, 0.2) is 5.79 Å². The second-order valence-corrected chi connectivity index (χ2v) is 4.66. The van der Waals surface area contributed by atoms with Crippen molar-refractivity contribution in [2.75, 3.05) is 0 Å². The number of rotatable bonds is 0. The minimum absolute atomic E-state index is 0.0660. The Morgan fingerprint density at radius 1 is 1.46 bits per heavy atom. The van der Waals surface area contributed by atoms with Crippen molar-refractivity contribution < 1.29 is 14.6 Å². The molecule has 0 radical (unpaired) electrons. The van der Waals surface area contributed by atoms with E-state index in [0.717, 1.165) is 12.8 Å². The van der Waals surface area contributed by atoms with E-state index < -0.39 is 5.79 Å². The fourth-order valence-corrected chi connectivity index (χ4v) is 2.39. The second kappa shape index (κ2) is 2.55. The minimum Gasteiger partial charge on any atom is -0.366 e. The van der Waals surface area contributed by atoms with E-state index in [1.165, 1.54) is 0 Å². The number of carbonyl (C=O) groups excluding carboxylic acids is 1. The molecular weight excluding hydrogens is 168 g/mol. The van der Waals surface area contributed by atoms with Gasteiger partial charge in [-0.2, -0.15) is 0 Å². The van der Waals surface area contributed by atoms with Crippen molar-refractivity contribution in [2.24, 2.45) is 5.41 Å². The van der Waals surface area contributed by atoms with Crippen LogP contribution >= 0.6 is 0 Å². The summed E-state index contributed by atoms with van der Waals surface area (Å²) in [6.45, 7) is 3.64. The first kappa shape index (κ1) is 9.16. The maximum Gasteiger partial charge on any atom is 0.163 e. The van der Waals surface area contributed by atoms with Gasteiger partial charge in [-0.05, 0) is 19.8 Å². The highest BCUT2D eigenvalue weighted by molar-refractivity contribution is 5.87. The topological polar surface area (TPSA) is 46.5 Å². The van der Waals surface area contributed by atoms with E-state index >= 15 is 0 Å². The Bertz CT molecular complexity index is 247. The van der Waals surface area contributed by atoms with Crippen molar-refractivity contribution >= 4 is 5.78 Å². The van der Waals surface area contributed by atoms with Crippen LogP contribution in [0.1, 0.15) is 39.5 Å². The van der Waals surface area contributed by atoms with Crippen molar-refractivity contribution in [1.29, 1.82) is 0 Å². The Balaban J connectivity index is 2.21. The number of fused-ring (bicyclic) bond motifs is 1. The highest BCUT2D eigenvalue weighted by Gasteiger charge is 2.52. The molecule has 1 aliphatic carbocycles. The molecule has 0 aromatic heterocycles. The van der Waals surface area contributed by atoms with Gasteiger partial charge in [0.25, 0.3) is 0 Å². The smallest absolute Gasteiger partial charge is 0.163 e. The number of hydrogen-bond donors (Lipinski definition) is 1. The molecule has 0 aromatic carbocycles. The maximum atomic E-state index is 11.6. The molecule has 0 bridgehead atoms. The normalized spacial score (nSPS) is 50.7. The van der Waals surface area contributed by atoms with Crippen LogP contribution in [0, 0.1) is 5.41 Å². The van der Waals surface area contributed by atoms with E-state index in [4.69, 9.17) is 4.74 Å². The van der Waals surface area contributed by atoms with Crippen LogP contribution in [0.4, 0.5) is 0 Å². The fourth-order valence-electron chi connectivity index (χ4n) is 2.39. The quantitative estimate of drug-likeness (QED) is 0.616. The van der Waals surface area contributed by atoms with Crippen LogP contribution in [0.25, 0.3) is 0 Å². The largest absolute Gasteiger partial charge is 0.366 e. The molecule has 3 heteroatoms. The zero-order valence-corrected chi connectivity index (χ0v) is 8.17. The van der Waals surface area contributed by atoms with Gasteiger partial charge < -0.3 is 9.84 Å². The van der Waals surface area contributed by atoms with E-state index in [2.05, 4.69) is 0 Å². The molecule has 0 aromatic rings. The Morgan fingerprint density at radius 2 is 2.15 bits per heavy atom. The lowest BCUT2D eigenvalue weighted by Gasteiger charge is -2.42. The Hall–Kier alpha value is -0.410. The van der Waals surface area contributed by atoms with Crippen LogP contribution < -0.4 is 0 Å². The zero-order chi connectivity index (χ0) is 9.69. The maximum absolute atomic E-state index is 11.6. The third-order valence-corrected chi connectivity index (χ3v) is 3.49. The van der Waals surface area contributed by atoms with Gasteiger partial charge in [0.1, 0.15) is 5.78 Å².